The molecule has 0 saturated heterocycles. The Morgan fingerprint density at radius 2 is 1.64 bits per heavy atom. The number of rotatable bonds is 7. The Balaban J connectivity index is 1.27. The smallest absolute Gasteiger partial charge is 0.341 e. The molecule has 174 valence electrons. The fourth-order valence-corrected chi connectivity index (χ4v) is 7.47. The van der Waals surface area contributed by atoms with Crippen molar-refractivity contribution in [2.75, 3.05) is 18.5 Å². The number of nitrogens with one attached hydrogen (secondary N) is 1. The maximum atomic E-state index is 13.0. The minimum atomic E-state index is -0.488. The van der Waals surface area contributed by atoms with E-state index in [2.05, 4.69) is 5.32 Å². The Bertz CT molecular complexity index is 1020. The van der Waals surface area contributed by atoms with Crippen molar-refractivity contribution in [1.29, 1.82) is 0 Å². The summed E-state index contributed by atoms with van der Waals surface area (Å²) in [6, 6.07) is 9.50. The van der Waals surface area contributed by atoms with Gasteiger partial charge < -0.3 is 14.8 Å². The quantitative estimate of drug-likeness (QED) is 0.560. The number of benzene rings is 1. The van der Waals surface area contributed by atoms with E-state index in [9.17, 15) is 14.4 Å². The molecule has 4 bridgehead atoms. The number of hydrogen-bond donors (Lipinski definition) is 1. The van der Waals surface area contributed by atoms with Gasteiger partial charge in [-0.2, -0.15) is 0 Å². The Kier molecular flexibility index (Phi) is 5.99. The van der Waals surface area contributed by atoms with Gasteiger partial charge in [-0.3, -0.25) is 9.59 Å². The molecule has 0 radical (unpaired) electrons. The van der Waals surface area contributed by atoms with E-state index in [-0.39, 0.29) is 19.2 Å². The molecule has 1 heterocycles. The SMILES string of the molecule is CCOC(=O)c1c(-c2ccccc2)csc1NC(=O)COC(=O)C12CC3CC(CC(C3)C1)C2. The second-order valence-electron chi connectivity index (χ2n) is 9.76. The van der Waals surface area contributed by atoms with Gasteiger partial charge in [-0.25, -0.2) is 4.79 Å². The first-order chi connectivity index (χ1) is 16.0. The first-order valence-electron chi connectivity index (χ1n) is 11.8. The lowest BCUT2D eigenvalue weighted by atomic mass is 9.49. The monoisotopic (exact) mass is 467 g/mol. The summed E-state index contributed by atoms with van der Waals surface area (Å²) in [6.07, 6.45) is 6.43. The van der Waals surface area contributed by atoms with Crippen LogP contribution in [0.5, 0.6) is 0 Å². The van der Waals surface area contributed by atoms with Crippen molar-refractivity contribution in [3.05, 3.63) is 41.3 Å². The maximum absolute atomic E-state index is 13.0. The summed E-state index contributed by atoms with van der Waals surface area (Å²) in [5, 5.41) is 5.01. The first kappa shape index (κ1) is 22.1. The normalized spacial score (nSPS) is 27.2. The minimum Gasteiger partial charge on any atom is -0.462 e. The fourth-order valence-electron chi connectivity index (χ4n) is 6.49. The molecule has 4 aliphatic rings. The summed E-state index contributed by atoms with van der Waals surface area (Å²) >= 11 is 1.26. The van der Waals surface area contributed by atoms with Crippen molar-refractivity contribution >= 4 is 34.2 Å². The van der Waals surface area contributed by atoms with E-state index in [1.807, 2.05) is 35.7 Å². The van der Waals surface area contributed by atoms with Crippen LogP contribution in [0, 0.1) is 23.2 Å². The number of thiophene rings is 1. The van der Waals surface area contributed by atoms with Crippen LogP contribution in [-0.2, 0) is 19.1 Å². The number of esters is 2. The van der Waals surface area contributed by atoms with E-state index < -0.39 is 17.3 Å². The number of carbonyl (C=O) groups is 3. The minimum absolute atomic E-state index is 0.224. The number of ether oxygens (including phenoxy) is 2. The van der Waals surface area contributed by atoms with Crippen LogP contribution in [0.1, 0.15) is 55.8 Å². The predicted molar refractivity (Wildman–Crippen MR) is 126 cm³/mol. The number of carbonyl (C=O) groups excluding carboxylic acids is 3. The van der Waals surface area contributed by atoms with Crippen LogP contribution >= 0.6 is 11.3 Å². The molecular weight excluding hydrogens is 438 g/mol. The molecule has 0 spiro atoms. The molecule has 1 aromatic carbocycles. The molecule has 0 aliphatic heterocycles. The summed E-state index contributed by atoms with van der Waals surface area (Å²) in [6.45, 7) is 1.63. The lowest BCUT2D eigenvalue weighted by molar-refractivity contribution is -0.172. The summed E-state index contributed by atoms with van der Waals surface area (Å²) in [7, 11) is 0. The van der Waals surface area contributed by atoms with E-state index in [1.54, 1.807) is 6.92 Å². The highest BCUT2D eigenvalue weighted by Gasteiger charge is 2.55. The van der Waals surface area contributed by atoms with Crippen LogP contribution in [0.2, 0.25) is 0 Å². The molecule has 6 rings (SSSR count). The van der Waals surface area contributed by atoms with Crippen LogP contribution in [0.15, 0.2) is 35.7 Å². The molecule has 0 unspecified atom stereocenters. The van der Waals surface area contributed by atoms with Gasteiger partial charge in [0.25, 0.3) is 5.91 Å². The second-order valence-corrected chi connectivity index (χ2v) is 10.6. The van der Waals surface area contributed by atoms with Gasteiger partial charge >= 0.3 is 11.9 Å². The van der Waals surface area contributed by atoms with E-state index in [0.29, 0.717) is 33.9 Å². The fraction of sp³-hybridized carbons (Fsp3) is 0.500. The van der Waals surface area contributed by atoms with E-state index >= 15 is 0 Å². The lowest BCUT2D eigenvalue weighted by Crippen LogP contribution is -2.50. The van der Waals surface area contributed by atoms with Gasteiger partial charge in [0.05, 0.1) is 12.0 Å². The van der Waals surface area contributed by atoms with Crippen molar-refractivity contribution in [3.8, 4) is 11.1 Å². The van der Waals surface area contributed by atoms with Crippen molar-refractivity contribution in [3.63, 3.8) is 0 Å². The summed E-state index contributed by atoms with van der Waals surface area (Å²) < 4.78 is 10.8. The third-order valence-corrected chi connectivity index (χ3v) is 8.31. The summed E-state index contributed by atoms with van der Waals surface area (Å²) in [5.74, 6) is 0.740. The predicted octanol–water partition coefficient (Wildman–Crippen LogP) is 5.29. The van der Waals surface area contributed by atoms with Crippen molar-refractivity contribution in [2.45, 2.75) is 45.4 Å². The Hall–Kier alpha value is -2.67. The average molecular weight is 468 g/mol. The van der Waals surface area contributed by atoms with E-state index in [0.717, 1.165) is 24.8 Å². The highest BCUT2D eigenvalue weighted by atomic mass is 32.1. The third-order valence-electron chi connectivity index (χ3n) is 7.41. The largest absolute Gasteiger partial charge is 0.462 e. The lowest BCUT2D eigenvalue weighted by Gasteiger charge is -2.55. The topological polar surface area (TPSA) is 81.7 Å². The van der Waals surface area contributed by atoms with Crippen molar-refractivity contribution < 1.29 is 23.9 Å². The average Bonchev–Trinajstić information content (AvgIpc) is 3.21. The van der Waals surface area contributed by atoms with E-state index in [4.69, 9.17) is 9.47 Å². The molecule has 6 nitrogen and oxygen atoms in total. The molecule has 1 N–H and O–H groups in total. The Morgan fingerprint density at radius 1 is 1.00 bits per heavy atom. The van der Waals surface area contributed by atoms with Gasteiger partial charge in [-0.1, -0.05) is 30.3 Å². The zero-order chi connectivity index (χ0) is 23.0. The van der Waals surface area contributed by atoms with Gasteiger partial charge in [0.2, 0.25) is 0 Å². The molecule has 7 heteroatoms. The highest BCUT2D eigenvalue weighted by molar-refractivity contribution is 7.15. The van der Waals surface area contributed by atoms with Crippen LogP contribution in [0.4, 0.5) is 5.00 Å². The molecular formula is C26H29NO5S. The summed E-state index contributed by atoms with van der Waals surface area (Å²) in [4.78, 5) is 38.4. The molecule has 4 fully saturated rings. The first-order valence-corrected chi connectivity index (χ1v) is 12.7. The molecule has 2 aromatic rings. The summed E-state index contributed by atoms with van der Waals surface area (Å²) in [5.41, 5.74) is 1.51. The molecule has 1 aromatic heterocycles. The Morgan fingerprint density at radius 3 is 2.24 bits per heavy atom. The second kappa shape index (κ2) is 8.93. The van der Waals surface area contributed by atoms with Gasteiger partial charge in [-0.05, 0) is 68.8 Å². The maximum Gasteiger partial charge on any atom is 0.341 e. The van der Waals surface area contributed by atoms with Crippen LogP contribution < -0.4 is 5.32 Å². The van der Waals surface area contributed by atoms with Crippen molar-refractivity contribution in [2.24, 2.45) is 23.2 Å². The molecule has 0 atom stereocenters. The third kappa shape index (κ3) is 4.31. The zero-order valence-electron chi connectivity index (χ0n) is 18.8. The van der Waals surface area contributed by atoms with Crippen molar-refractivity contribution in [1.82, 2.24) is 0 Å². The van der Waals surface area contributed by atoms with Gasteiger partial charge in [0.1, 0.15) is 10.6 Å². The van der Waals surface area contributed by atoms with Crippen LogP contribution in [-0.4, -0.2) is 31.1 Å². The zero-order valence-corrected chi connectivity index (χ0v) is 19.6. The number of hydrogen-bond acceptors (Lipinski definition) is 6. The Labute approximate surface area is 197 Å². The standard InChI is InChI=1S/C26H29NO5S/c1-2-31-24(29)22-20(19-6-4-3-5-7-19)15-33-23(22)27-21(28)14-32-25(30)26-11-16-8-17(12-26)10-18(9-16)13-26/h3-7,15-18H,2,8-14H2,1H3,(H,27,28). The van der Waals surface area contributed by atoms with E-state index in [1.165, 1.54) is 30.6 Å². The molecule has 33 heavy (non-hydrogen) atoms. The number of amides is 1. The van der Waals surface area contributed by atoms with Crippen LogP contribution in [0.25, 0.3) is 11.1 Å². The van der Waals surface area contributed by atoms with Gasteiger partial charge in [0.15, 0.2) is 6.61 Å². The van der Waals surface area contributed by atoms with Gasteiger partial charge in [-0.15, -0.1) is 11.3 Å². The van der Waals surface area contributed by atoms with Crippen LogP contribution in [0.3, 0.4) is 0 Å². The molecule has 1 amide bonds. The van der Waals surface area contributed by atoms with Gasteiger partial charge in [0, 0.05) is 10.9 Å². The highest BCUT2D eigenvalue weighted by Crippen LogP contribution is 2.60. The molecule has 4 saturated carbocycles. The molecule has 4 aliphatic carbocycles. The number of anilines is 1.